The number of hydrogen-bond donors (Lipinski definition) is 1. The highest BCUT2D eigenvalue weighted by Gasteiger charge is 2.31. The molecular formula is C18H16ClFN2O2. The van der Waals surface area contributed by atoms with Crippen LogP contribution in [0.2, 0.25) is 5.02 Å². The summed E-state index contributed by atoms with van der Waals surface area (Å²) in [6, 6.07) is 10.1. The maximum absolute atomic E-state index is 13.9. The van der Waals surface area contributed by atoms with Gasteiger partial charge in [0.25, 0.3) is 5.91 Å². The molecule has 1 aliphatic heterocycles. The first-order valence-electron chi connectivity index (χ1n) is 7.50. The molecule has 4 nitrogen and oxygen atoms in total. The van der Waals surface area contributed by atoms with Crippen molar-refractivity contribution in [2.24, 2.45) is 5.16 Å². The standard InChI is InChI=1S/C18H16ClFN2O2/c1-10-6-11(2)8-12(7-10)21-18(23)16-9-15(22-24-16)17-13(19)4-3-5-14(17)20/h3-8,16H,9H2,1-2H3,(H,21,23)/t16-/m1/s1. The average molecular weight is 347 g/mol. The number of benzene rings is 2. The van der Waals surface area contributed by atoms with Crippen LogP contribution in [0.15, 0.2) is 41.6 Å². The average Bonchev–Trinajstić information content (AvgIpc) is 2.95. The molecule has 0 saturated carbocycles. The monoisotopic (exact) mass is 346 g/mol. The van der Waals surface area contributed by atoms with Gasteiger partial charge in [-0.2, -0.15) is 0 Å². The van der Waals surface area contributed by atoms with Gasteiger partial charge in [0.15, 0.2) is 0 Å². The minimum Gasteiger partial charge on any atom is -0.382 e. The van der Waals surface area contributed by atoms with Gasteiger partial charge in [-0.25, -0.2) is 4.39 Å². The van der Waals surface area contributed by atoms with Gasteiger partial charge in [0, 0.05) is 12.1 Å². The van der Waals surface area contributed by atoms with Crippen molar-refractivity contribution in [3.63, 3.8) is 0 Å². The number of aryl methyl sites for hydroxylation is 2. The molecule has 2 aromatic carbocycles. The van der Waals surface area contributed by atoms with Gasteiger partial charge in [-0.05, 0) is 49.2 Å². The third kappa shape index (κ3) is 3.41. The van der Waals surface area contributed by atoms with Crippen molar-refractivity contribution in [2.75, 3.05) is 5.32 Å². The smallest absolute Gasteiger partial charge is 0.268 e. The molecule has 1 N–H and O–H groups in total. The van der Waals surface area contributed by atoms with E-state index in [9.17, 15) is 9.18 Å². The lowest BCUT2D eigenvalue weighted by atomic mass is 10.0. The minimum atomic E-state index is -0.809. The summed E-state index contributed by atoms with van der Waals surface area (Å²) in [7, 11) is 0. The number of carbonyl (C=O) groups is 1. The Morgan fingerprint density at radius 3 is 2.67 bits per heavy atom. The highest BCUT2D eigenvalue weighted by Crippen LogP contribution is 2.26. The summed E-state index contributed by atoms with van der Waals surface area (Å²) in [5, 5.41) is 6.88. The zero-order valence-electron chi connectivity index (χ0n) is 13.3. The SMILES string of the molecule is Cc1cc(C)cc(NC(=O)[C@H]2CC(c3c(F)cccc3Cl)=NO2)c1. The summed E-state index contributed by atoms with van der Waals surface area (Å²) in [5.74, 6) is -0.813. The lowest BCUT2D eigenvalue weighted by Crippen LogP contribution is -2.28. The van der Waals surface area contributed by atoms with Gasteiger partial charge in [-0.1, -0.05) is 28.9 Å². The van der Waals surface area contributed by atoms with E-state index >= 15 is 0 Å². The van der Waals surface area contributed by atoms with Crippen molar-refractivity contribution < 1.29 is 14.0 Å². The summed E-state index contributed by atoms with van der Waals surface area (Å²) in [5.41, 5.74) is 3.30. The zero-order valence-corrected chi connectivity index (χ0v) is 14.0. The van der Waals surface area contributed by atoms with E-state index in [2.05, 4.69) is 10.5 Å². The predicted octanol–water partition coefficient (Wildman–Crippen LogP) is 4.23. The number of rotatable bonds is 3. The van der Waals surface area contributed by atoms with E-state index < -0.39 is 11.9 Å². The van der Waals surface area contributed by atoms with Crippen LogP contribution in [0, 0.1) is 19.7 Å². The number of carbonyl (C=O) groups excluding carboxylic acids is 1. The first-order chi connectivity index (χ1) is 11.4. The van der Waals surface area contributed by atoms with Crippen LogP contribution in [-0.2, 0) is 9.63 Å². The second-order valence-corrected chi connectivity index (χ2v) is 6.21. The predicted molar refractivity (Wildman–Crippen MR) is 92.0 cm³/mol. The summed E-state index contributed by atoms with van der Waals surface area (Å²) in [4.78, 5) is 17.5. The Bertz CT molecular complexity index is 795. The highest BCUT2D eigenvalue weighted by atomic mass is 35.5. The molecule has 1 heterocycles. The molecule has 0 unspecified atom stereocenters. The van der Waals surface area contributed by atoms with Crippen LogP contribution in [-0.4, -0.2) is 17.7 Å². The van der Waals surface area contributed by atoms with Crippen LogP contribution < -0.4 is 5.32 Å². The van der Waals surface area contributed by atoms with Gasteiger partial charge < -0.3 is 10.2 Å². The van der Waals surface area contributed by atoms with Crippen molar-refractivity contribution in [2.45, 2.75) is 26.4 Å². The lowest BCUT2D eigenvalue weighted by molar-refractivity contribution is -0.125. The van der Waals surface area contributed by atoms with E-state index in [1.807, 2.05) is 32.0 Å². The van der Waals surface area contributed by atoms with E-state index in [0.717, 1.165) is 11.1 Å². The molecule has 0 fully saturated rings. The van der Waals surface area contributed by atoms with E-state index in [-0.39, 0.29) is 22.9 Å². The third-order valence-electron chi connectivity index (χ3n) is 3.70. The number of nitrogens with zero attached hydrogens (tertiary/aromatic N) is 1. The highest BCUT2D eigenvalue weighted by molar-refractivity contribution is 6.34. The summed E-state index contributed by atoms with van der Waals surface area (Å²) in [6.07, 6.45) is -0.645. The zero-order chi connectivity index (χ0) is 17.3. The number of oxime groups is 1. The topological polar surface area (TPSA) is 50.7 Å². The molecule has 2 aromatic rings. The normalized spacial score (nSPS) is 16.5. The number of amides is 1. The first-order valence-corrected chi connectivity index (χ1v) is 7.88. The van der Waals surface area contributed by atoms with E-state index in [4.69, 9.17) is 16.4 Å². The summed E-state index contributed by atoms with van der Waals surface area (Å²) >= 11 is 6.02. The fourth-order valence-electron chi connectivity index (χ4n) is 2.71. The van der Waals surface area contributed by atoms with E-state index in [1.54, 1.807) is 6.07 Å². The second-order valence-electron chi connectivity index (χ2n) is 5.80. The Kier molecular flexibility index (Phi) is 4.53. The maximum atomic E-state index is 13.9. The molecular weight excluding hydrogens is 331 g/mol. The number of hydrogen-bond acceptors (Lipinski definition) is 3. The fourth-order valence-corrected chi connectivity index (χ4v) is 2.98. The van der Waals surface area contributed by atoms with Crippen LogP contribution in [0.3, 0.4) is 0 Å². The molecule has 6 heteroatoms. The van der Waals surface area contributed by atoms with Crippen LogP contribution in [0.5, 0.6) is 0 Å². The molecule has 0 spiro atoms. The molecule has 0 aliphatic carbocycles. The van der Waals surface area contributed by atoms with Crippen molar-refractivity contribution in [1.29, 1.82) is 0 Å². The largest absolute Gasteiger partial charge is 0.382 e. The van der Waals surface area contributed by atoms with Gasteiger partial charge in [0.2, 0.25) is 6.10 Å². The molecule has 1 aliphatic rings. The van der Waals surface area contributed by atoms with Crippen molar-refractivity contribution >= 4 is 28.9 Å². The maximum Gasteiger partial charge on any atom is 0.268 e. The molecule has 3 rings (SSSR count). The third-order valence-corrected chi connectivity index (χ3v) is 4.02. The Labute approximate surface area is 144 Å². The van der Waals surface area contributed by atoms with Crippen LogP contribution >= 0.6 is 11.6 Å². The molecule has 1 atom stereocenters. The van der Waals surface area contributed by atoms with E-state index in [0.29, 0.717) is 11.4 Å². The molecule has 0 radical (unpaired) electrons. The Morgan fingerprint density at radius 2 is 2.00 bits per heavy atom. The lowest BCUT2D eigenvalue weighted by Gasteiger charge is -2.11. The Hall–Kier alpha value is -2.40. The fraction of sp³-hybridized carbons (Fsp3) is 0.222. The van der Waals surface area contributed by atoms with Crippen LogP contribution in [0.1, 0.15) is 23.1 Å². The molecule has 1 amide bonds. The van der Waals surface area contributed by atoms with Gasteiger partial charge in [-0.3, -0.25) is 4.79 Å². The Balaban J connectivity index is 1.71. The molecule has 0 saturated heterocycles. The van der Waals surface area contributed by atoms with Crippen LogP contribution in [0.4, 0.5) is 10.1 Å². The summed E-state index contributed by atoms with van der Waals surface area (Å²) < 4.78 is 13.9. The summed E-state index contributed by atoms with van der Waals surface area (Å²) in [6.45, 7) is 3.91. The second kappa shape index (κ2) is 6.61. The number of nitrogens with one attached hydrogen (secondary N) is 1. The molecule has 0 aromatic heterocycles. The van der Waals surface area contributed by atoms with Crippen molar-refractivity contribution in [1.82, 2.24) is 0 Å². The van der Waals surface area contributed by atoms with E-state index in [1.165, 1.54) is 12.1 Å². The van der Waals surface area contributed by atoms with Crippen molar-refractivity contribution in [3.8, 4) is 0 Å². The number of halogens is 2. The first kappa shape index (κ1) is 16.5. The number of anilines is 1. The Morgan fingerprint density at radius 1 is 1.29 bits per heavy atom. The molecule has 0 bridgehead atoms. The van der Waals surface area contributed by atoms with Gasteiger partial charge in [-0.15, -0.1) is 0 Å². The molecule has 24 heavy (non-hydrogen) atoms. The minimum absolute atomic E-state index is 0.164. The molecule has 124 valence electrons. The van der Waals surface area contributed by atoms with Gasteiger partial charge >= 0.3 is 0 Å². The van der Waals surface area contributed by atoms with Crippen molar-refractivity contribution in [3.05, 3.63) is 63.9 Å². The van der Waals surface area contributed by atoms with Gasteiger partial charge in [0.05, 0.1) is 16.3 Å². The van der Waals surface area contributed by atoms with Gasteiger partial charge in [0.1, 0.15) is 5.82 Å². The quantitative estimate of drug-likeness (QED) is 0.904. The van der Waals surface area contributed by atoms with Crippen LogP contribution in [0.25, 0.3) is 0 Å².